The van der Waals surface area contributed by atoms with Crippen molar-refractivity contribution in [3.8, 4) is 5.75 Å². The molecule has 0 bridgehead atoms. The van der Waals surface area contributed by atoms with Crippen LogP contribution in [0.3, 0.4) is 0 Å². The first kappa shape index (κ1) is 18.2. The highest BCUT2D eigenvalue weighted by Gasteiger charge is 2.13. The van der Waals surface area contributed by atoms with Gasteiger partial charge < -0.3 is 20.5 Å². The van der Waals surface area contributed by atoms with Crippen LogP contribution in [-0.2, 0) is 0 Å². The molecule has 0 spiro atoms. The van der Waals surface area contributed by atoms with E-state index in [1.54, 1.807) is 25.3 Å². The number of hydrogen-bond donors (Lipinski definition) is 3. The quantitative estimate of drug-likeness (QED) is 0.576. The number of para-hydroxylation sites is 1. The maximum Gasteiger partial charge on any atom is 0.229 e. The molecule has 2 aromatic carbocycles. The molecule has 7 heteroatoms. The second-order valence-corrected chi connectivity index (χ2v) is 6.25. The van der Waals surface area contributed by atoms with Crippen LogP contribution >= 0.6 is 11.6 Å². The largest absolute Gasteiger partial charge is 0.495 e. The Bertz CT molecular complexity index is 900. The summed E-state index contributed by atoms with van der Waals surface area (Å²) in [6.45, 7) is 2.03. The van der Waals surface area contributed by atoms with E-state index >= 15 is 0 Å². The van der Waals surface area contributed by atoms with Crippen LogP contribution in [0.4, 0.5) is 17.5 Å². The zero-order chi connectivity index (χ0) is 18.5. The van der Waals surface area contributed by atoms with E-state index in [9.17, 15) is 5.11 Å². The fourth-order valence-electron chi connectivity index (χ4n) is 2.61. The molecule has 0 aliphatic rings. The third-order valence-corrected chi connectivity index (χ3v) is 4.30. The molecule has 26 heavy (non-hydrogen) atoms. The maximum absolute atomic E-state index is 9.51. The number of benzene rings is 2. The Morgan fingerprint density at radius 1 is 1.19 bits per heavy atom. The summed E-state index contributed by atoms with van der Waals surface area (Å²) in [7, 11) is 1.59. The van der Waals surface area contributed by atoms with E-state index in [4.69, 9.17) is 16.3 Å². The molecule has 1 heterocycles. The number of aromatic nitrogens is 2. The molecule has 3 N–H and O–H groups in total. The van der Waals surface area contributed by atoms with Gasteiger partial charge in [0.05, 0.1) is 31.0 Å². The highest BCUT2D eigenvalue weighted by atomic mass is 35.5. The van der Waals surface area contributed by atoms with Gasteiger partial charge in [0.2, 0.25) is 5.95 Å². The van der Waals surface area contributed by atoms with Gasteiger partial charge in [-0.25, -0.2) is 4.98 Å². The van der Waals surface area contributed by atoms with Gasteiger partial charge in [0.25, 0.3) is 0 Å². The van der Waals surface area contributed by atoms with Gasteiger partial charge in [-0.2, -0.15) is 4.98 Å². The summed E-state index contributed by atoms with van der Waals surface area (Å²) in [6, 6.07) is 12.9. The number of aliphatic hydroxyl groups is 1. The summed E-state index contributed by atoms with van der Waals surface area (Å²) < 4.78 is 5.36. The van der Waals surface area contributed by atoms with E-state index in [-0.39, 0.29) is 12.6 Å². The third kappa shape index (κ3) is 3.98. The highest BCUT2D eigenvalue weighted by Crippen LogP contribution is 2.31. The fraction of sp³-hybridized carbons (Fsp3) is 0.263. The molecule has 0 saturated heterocycles. The Morgan fingerprint density at radius 2 is 2.00 bits per heavy atom. The van der Waals surface area contributed by atoms with Crippen molar-refractivity contribution in [2.24, 2.45) is 0 Å². The number of aliphatic hydroxyl groups excluding tert-OH is 1. The smallest absolute Gasteiger partial charge is 0.229 e. The summed E-state index contributed by atoms with van der Waals surface area (Å²) >= 11 is 6.10. The summed E-state index contributed by atoms with van der Waals surface area (Å²) in [6.07, 6.45) is 0.777. The predicted octanol–water partition coefficient (Wildman–Crippen LogP) is 4.22. The summed E-state index contributed by atoms with van der Waals surface area (Å²) in [5.74, 6) is 1.72. The highest BCUT2D eigenvalue weighted by molar-refractivity contribution is 6.31. The summed E-state index contributed by atoms with van der Waals surface area (Å²) in [5.41, 5.74) is 1.47. The average molecular weight is 373 g/mol. The number of fused-ring (bicyclic) bond motifs is 1. The van der Waals surface area contributed by atoms with Crippen molar-refractivity contribution in [3.05, 3.63) is 47.5 Å². The van der Waals surface area contributed by atoms with Crippen molar-refractivity contribution in [2.75, 3.05) is 24.4 Å². The first-order chi connectivity index (χ1) is 12.6. The fourth-order valence-corrected chi connectivity index (χ4v) is 2.78. The second kappa shape index (κ2) is 8.21. The number of hydrogen-bond acceptors (Lipinski definition) is 6. The van der Waals surface area contributed by atoms with Gasteiger partial charge in [-0.05, 0) is 36.8 Å². The number of rotatable bonds is 7. The molecule has 0 aliphatic carbocycles. The Balaban J connectivity index is 2.03. The van der Waals surface area contributed by atoms with Crippen molar-refractivity contribution < 1.29 is 9.84 Å². The molecule has 0 amide bonds. The Morgan fingerprint density at radius 3 is 2.73 bits per heavy atom. The van der Waals surface area contributed by atoms with Gasteiger partial charge in [0, 0.05) is 10.4 Å². The second-order valence-electron chi connectivity index (χ2n) is 5.81. The topological polar surface area (TPSA) is 79.3 Å². The Kier molecular flexibility index (Phi) is 5.75. The van der Waals surface area contributed by atoms with Crippen molar-refractivity contribution in [2.45, 2.75) is 19.4 Å². The van der Waals surface area contributed by atoms with Crippen LogP contribution in [0.15, 0.2) is 42.5 Å². The van der Waals surface area contributed by atoms with Gasteiger partial charge in [0.1, 0.15) is 11.6 Å². The molecular formula is C19H21ClN4O2. The van der Waals surface area contributed by atoms with Crippen LogP contribution in [0, 0.1) is 0 Å². The number of nitrogens with zero attached hydrogens (tertiary/aromatic N) is 2. The summed E-state index contributed by atoms with van der Waals surface area (Å²) in [5, 5.41) is 17.4. The molecule has 6 nitrogen and oxygen atoms in total. The van der Waals surface area contributed by atoms with E-state index in [0.29, 0.717) is 28.2 Å². The Hall–Kier alpha value is -2.57. The number of halogens is 1. The van der Waals surface area contributed by atoms with Gasteiger partial charge in [-0.1, -0.05) is 30.7 Å². The van der Waals surface area contributed by atoms with Crippen LogP contribution in [-0.4, -0.2) is 34.8 Å². The van der Waals surface area contributed by atoms with Gasteiger partial charge in [-0.15, -0.1) is 0 Å². The van der Waals surface area contributed by atoms with Crippen LogP contribution in [0.25, 0.3) is 10.9 Å². The third-order valence-electron chi connectivity index (χ3n) is 4.07. The van der Waals surface area contributed by atoms with Crippen molar-refractivity contribution in [1.82, 2.24) is 9.97 Å². The van der Waals surface area contributed by atoms with Gasteiger partial charge >= 0.3 is 0 Å². The molecule has 1 atom stereocenters. The molecule has 3 rings (SSSR count). The number of anilines is 3. The van der Waals surface area contributed by atoms with Crippen molar-refractivity contribution in [3.63, 3.8) is 0 Å². The van der Waals surface area contributed by atoms with Crippen molar-refractivity contribution >= 4 is 40.0 Å². The number of ether oxygens (including phenoxy) is 1. The monoisotopic (exact) mass is 372 g/mol. The molecule has 0 fully saturated rings. The molecular weight excluding hydrogens is 352 g/mol. The summed E-state index contributed by atoms with van der Waals surface area (Å²) in [4.78, 5) is 9.17. The van der Waals surface area contributed by atoms with E-state index < -0.39 is 0 Å². The van der Waals surface area contributed by atoms with Crippen molar-refractivity contribution in [1.29, 1.82) is 0 Å². The first-order valence-electron chi connectivity index (χ1n) is 8.39. The molecule has 1 unspecified atom stereocenters. The zero-order valence-electron chi connectivity index (χ0n) is 14.7. The van der Waals surface area contributed by atoms with Crippen LogP contribution < -0.4 is 15.4 Å². The SMILES string of the molecule is CCC(CO)Nc1nc(Nc2cc(Cl)ccc2OC)nc2ccccc12. The predicted molar refractivity (Wildman–Crippen MR) is 106 cm³/mol. The van der Waals surface area contributed by atoms with Crippen LogP contribution in [0.2, 0.25) is 5.02 Å². The lowest BCUT2D eigenvalue weighted by Crippen LogP contribution is -2.23. The number of methoxy groups -OCH3 is 1. The minimum absolute atomic E-state index is 0.0275. The van der Waals surface area contributed by atoms with E-state index in [1.807, 2.05) is 31.2 Å². The van der Waals surface area contributed by atoms with E-state index in [0.717, 1.165) is 17.3 Å². The minimum Gasteiger partial charge on any atom is -0.495 e. The lowest BCUT2D eigenvalue weighted by molar-refractivity contribution is 0.271. The maximum atomic E-state index is 9.51. The first-order valence-corrected chi connectivity index (χ1v) is 8.77. The molecule has 3 aromatic rings. The zero-order valence-corrected chi connectivity index (χ0v) is 15.4. The van der Waals surface area contributed by atoms with E-state index in [1.165, 1.54) is 0 Å². The van der Waals surface area contributed by atoms with Crippen LogP contribution in [0.5, 0.6) is 5.75 Å². The van der Waals surface area contributed by atoms with Crippen LogP contribution in [0.1, 0.15) is 13.3 Å². The average Bonchev–Trinajstić information content (AvgIpc) is 2.66. The molecule has 136 valence electrons. The molecule has 1 aromatic heterocycles. The lowest BCUT2D eigenvalue weighted by atomic mass is 10.2. The minimum atomic E-state index is -0.0816. The van der Waals surface area contributed by atoms with Gasteiger partial charge in [-0.3, -0.25) is 0 Å². The molecule has 0 saturated carbocycles. The lowest BCUT2D eigenvalue weighted by Gasteiger charge is -2.17. The molecule has 0 radical (unpaired) electrons. The number of nitrogens with one attached hydrogen (secondary N) is 2. The van der Waals surface area contributed by atoms with Gasteiger partial charge in [0.15, 0.2) is 0 Å². The molecule has 0 aliphatic heterocycles. The normalized spacial score (nSPS) is 12.0. The standard InChI is InChI=1S/C19H21ClN4O2/c1-3-13(11-25)21-18-14-6-4-5-7-15(14)22-19(24-18)23-16-10-12(20)8-9-17(16)26-2/h4-10,13,25H,3,11H2,1-2H3,(H2,21,22,23,24). The Labute approximate surface area is 157 Å². The van der Waals surface area contributed by atoms with E-state index in [2.05, 4.69) is 20.6 Å².